The van der Waals surface area contributed by atoms with Crippen molar-refractivity contribution in [1.82, 2.24) is 14.0 Å². The van der Waals surface area contributed by atoms with Gasteiger partial charge in [-0.3, -0.25) is 9.13 Å². The molecule has 1 aliphatic heterocycles. The van der Waals surface area contributed by atoms with E-state index in [9.17, 15) is 4.79 Å². The van der Waals surface area contributed by atoms with Crippen molar-refractivity contribution in [3.63, 3.8) is 0 Å². The van der Waals surface area contributed by atoms with Crippen molar-refractivity contribution in [3.8, 4) is 0 Å². The van der Waals surface area contributed by atoms with Gasteiger partial charge < -0.3 is 4.90 Å². The zero-order chi connectivity index (χ0) is 14.8. The molecule has 4 nitrogen and oxygen atoms in total. The third-order valence-electron chi connectivity index (χ3n) is 4.85. The van der Waals surface area contributed by atoms with Crippen LogP contribution in [-0.4, -0.2) is 33.7 Å². The van der Waals surface area contributed by atoms with Crippen LogP contribution < -0.4 is 5.69 Å². The quantitative estimate of drug-likeness (QED) is 0.865. The Labute approximate surface area is 126 Å². The molecule has 2 heterocycles. The van der Waals surface area contributed by atoms with E-state index in [0.717, 1.165) is 30.5 Å². The minimum atomic E-state index is 0.136. The van der Waals surface area contributed by atoms with E-state index in [2.05, 4.69) is 18.0 Å². The fraction of sp³-hybridized carbons (Fsp3) is 0.588. The highest BCUT2D eigenvalue weighted by Gasteiger charge is 2.20. The molecule has 3 rings (SSSR count). The van der Waals surface area contributed by atoms with Crippen LogP contribution in [-0.2, 0) is 13.1 Å². The lowest BCUT2D eigenvalue weighted by Gasteiger charge is -2.32. The summed E-state index contributed by atoms with van der Waals surface area (Å²) in [7, 11) is 2.21. The monoisotopic (exact) mass is 287 g/mol. The van der Waals surface area contributed by atoms with Gasteiger partial charge in [-0.1, -0.05) is 18.6 Å². The van der Waals surface area contributed by atoms with Crippen LogP contribution >= 0.6 is 0 Å². The largest absolute Gasteiger partial charge is 0.329 e. The van der Waals surface area contributed by atoms with Gasteiger partial charge in [-0.15, -0.1) is 0 Å². The highest BCUT2D eigenvalue weighted by atomic mass is 16.1. The minimum Gasteiger partial charge on any atom is -0.303 e. The molecule has 0 radical (unpaired) electrons. The van der Waals surface area contributed by atoms with E-state index in [1.54, 1.807) is 0 Å². The van der Waals surface area contributed by atoms with E-state index in [1.165, 1.54) is 25.8 Å². The smallest absolute Gasteiger partial charge is 0.303 e. The highest BCUT2D eigenvalue weighted by molar-refractivity contribution is 5.75. The topological polar surface area (TPSA) is 30.2 Å². The Kier molecular flexibility index (Phi) is 4.15. The van der Waals surface area contributed by atoms with Crippen LogP contribution in [0.25, 0.3) is 11.0 Å². The molecule has 1 saturated heterocycles. The molecule has 0 saturated carbocycles. The van der Waals surface area contributed by atoms with Crippen molar-refractivity contribution in [2.24, 2.45) is 0 Å². The zero-order valence-corrected chi connectivity index (χ0v) is 13.1. The average molecular weight is 287 g/mol. The summed E-state index contributed by atoms with van der Waals surface area (Å²) in [5.74, 6) is 0. The second-order valence-corrected chi connectivity index (χ2v) is 6.09. The molecule has 0 amide bonds. The third kappa shape index (κ3) is 2.64. The average Bonchev–Trinajstić information content (AvgIpc) is 2.78. The number of benzene rings is 1. The van der Waals surface area contributed by atoms with Crippen LogP contribution in [0, 0.1) is 0 Å². The van der Waals surface area contributed by atoms with Gasteiger partial charge >= 0.3 is 5.69 Å². The molecule has 21 heavy (non-hydrogen) atoms. The van der Waals surface area contributed by atoms with Crippen molar-refractivity contribution in [3.05, 3.63) is 34.7 Å². The first kappa shape index (κ1) is 14.4. The van der Waals surface area contributed by atoms with E-state index in [4.69, 9.17) is 0 Å². The normalized spacial score (nSPS) is 20.2. The minimum absolute atomic E-state index is 0.136. The van der Waals surface area contributed by atoms with Crippen LogP contribution in [0.4, 0.5) is 0 Å². The summed E-state index contributed by atoms with van der Waals surface area (Å²) >= 11 is 0. The van der Waals surface area contributed by atoms with Gasteiger partial charge in [0.05, 0.1) is 11.0 Å². The van der Waals surface area contributed by atoms with E-state index >= 15 is 0 Å². The van der Waals surface area contributed by atoms with Gasteiger partial charge in [0, 0.05) is 19.1 Å². The summed E-state index contributed by atoms with van der Waals surface area (Å²) in [5.41, 5.74) is 2.27. The predicted molar refractivity (Wildman–Crippen MR) is 86.8 cm³/mol. The first-order valence-electron chi connectivity index (χ1n) is 8.10. The molecule has 0 N–H and O–H groups in total. The maximum absolute atomic E-state index is 12.6. The number of aromatic nitrogens is 2. The SMILES string of the molecule is CCn1c(=O)n(CCC2CCCCN2C)c2ccccc21. The number of aryl methyl sites for hydroxylation is 2. The molecule has 1 fully saturated rings. The Bertz CT molecular complexity index is 670. The summed E-state index contributed by atoms with van der Waals surface area (Å²) in [6.45, 7) is 4.78. The fourth-order valence-electron chi connectivity index (χ4n) is 3.58. The molecule has 4 heteroatoms. The fourth-order valence-corrected chi connectivity index (χ4v) is 3.58. The Hall–Kier alpha value is -1.55. The number of likely N-dealkylation sites (tertiary alicyclic amines) is 1. The Morgan fingerprint density at radius 3 is 2.52 bits per heavy atom. The van der Waals surface area contributed by atoms with Gasteiger partial charge in [-0.2, -0.15) is 0 Å². The summed E-state index contributed by atoms with van der Waals surface area (Å²) in [6, 6.07) is 8.75. The van der Waals surface area contributed by atoms with Crippen molar-refractivity contribution in [2.45, 2.75) is 51.7 Å². The molecular formula is C17H25N3O. The lowest BCUT2D eigenvalue weighted by atomic mass is 10.0. The number of fused-ring (bicyclic) bond motifs is 1. The molecule has 1 aromatic carbocycles. The van der Waals surface area contributed by atoms with Gasteiger partial charge in [-0.05, 0) is 51.9 Å². The molecule has 114 valence electrons. The second kappa shape index (κ2) is 6.06. The van der Waals surface area contributed by atoms with E-state index < -0.39 is 0 Å². The lowest BCUT2D eigenvalue weighted by Crippen LogP contribution is -2.37. The molecule has 0 aliphatic carbocycles. The summed E-state index contributed by atoms with van der Waals surface area (Å²) < 4.78 is 3.83. The number of rotatable bonds is 4. The number of nitrogens with zero attached hydrogens (tertiary/aromatic N) is 3. The van der Waals surface area contributed by atoms with Crippen LogP contribution in [0.15, 0.2) is 29.1 Å². The Morgan fingerprint density at radius 2 is 1.86 bits per heavy atom. The first-order chi connectivity index (χ1) is 10.2. The van der Waals surface area contributed by atoms with Crippen molar-refractivity contribution >= 4 is 11.0 Å². The van der Waals surface area contributed by atoms with E-state index in [1.807, 2.05) is 34.3 Å². The molecule has 1 aliphatic rings. The standard InChI is InChI=1S/C17H25N3O/c1-3-19-15-9-4-5-10-16(15)20(17(19)21)13-11-14-8-6-7-12-18(14)2/h4-5,9-10,14H,3,6-8,11-13H2,1-2H3. The molecule has 0 bridgehead atoms. The maximum Gasteiger partial charge on any atom is 0.329 e. The van der Waals surface area contributed by atoms with Crippen molar-refractivity contribution < 1.29 is 0 Å². The van der Waals surface area contributed by atoms with E-state index in [-0.39, 0.29) is 5.69 Å². The Morgan fingerprint density at radius 1 is 1.14 bits per heavy atom. The van der Waals surface area contributed by atoms with Crippen LogP contribution in [0.1, 0.15) is 32.6 Å². The lowest BCUT2D eigenvalue weighted by molar-refractivity contribution is 0.171. The van der Waals surface area contributed by atoms with Gasteiger partial charge in [0.25, 0.3) is 0 Å². The first-order valence-corrected chi connectivity index (χ1v) is 8.10. The molecule has 0 spiro atoms. The number of imidazole rings is 1. The zero-order valence-electron chi connectivity index (χ0n) is 13.1. The van der Waals surface area contributed by atoms with Crippen molar-refractivity contribution in [2.75, 3.05) is 13.6 Å². The number of piperidine rings is 1. The molecular weight excluding hydrogens is 262 g/mol. The molecule has 1 atom stereocenters. The Balaban J connectivity index is 1.87. The van der Waals surface area contributed by atoms with Crippen molar-refractivity contribution in [1.29, 1.82) is 0 Å². The van der Waals surface area contributed by atoms with E-state index in [0.29, 0.717) is 6.04 Å². The van der Waals surface area contributed by atoms with Gasteiger partial charge in [-0.25, -0.2) is 4.79 Å². The van der Waals surface area contributed by atoms with Gasteiger partial charge in [0.15, 0.2) is 0 Å². The summed E-state index contributed by atoms with van der Waals surface area (Å²) in [5, 5.41) is 0. The molecule has 1 aromatic heterocycles. The number of hydrogen-bond donors (Lipinski definition) is 0. The molecule has 2 aromatic rings. The second-order valence-electron chi connectivity index (χ2n) is 6.09. The van der Waals surface area contributed by atoms with Crippen LogP contribution in [0.3, 0.4) is 0 Å². The predicted octanol–water partition coefficient (Wildman–Crippen LogP) is 2.70. The third-order valence-corrected chi connectivity index (χ3v) is 4.85. The maximum atomic E-state index is 12.6. The van der Waals surface area contributed by atoms with Gasteiger partial charge in [0.1, 0.15) is 0 Å². The summed E-state index contributed by atoms with van der Waals surface area (Å²) in [6.07, 6.45) is 4.95. The van der Waals surface area contributed by atoms with Crippen LogP contribution in [0.5, 0.6) is 0 Å². The highest BCUT2D eigenvalue weighted by Crippen LogP contribution is 2.19. The number of para-hydroxylation sites is 2. The van der Waals surface area contributed by atoms with Crippen LogP contribution in [0.2, 0.25) is 0 Å². The molecule has 1 unspecified atom stereocenters. The summed E-state index contributed by atoms with van der Waals surface area (Å²) in [4.78, 5) is 15.0. The van der Waals surface area contributed by atoms with Gasteiger partial charge in [0.2, 0.25) is 0 Å². The number of hydrogen-bond acceptors (Lipinski definition) is 2.